The van der Waals surface area contributed by atoms with E-state index in [1.54, 1.807) is 12.4 Å². The molecule has 24 heavy (non-hydrogen) atoms. The van der Waals surface area contributed by atoms with E-state index >= 15 is 0 Å². The number of aliphatic hydroxyl groups is 1. The molecule has 0 radical (unpaired) electrons. The Morgan fingerprint density at radius 3 is 2.67 bits per heavy atom. The molecule has 2 aromatic heterocycles. The quantitative estimate of drug-likeness (QED) is 0.684. The molecule has 0 bridgehead atoms. The maximum atomic E-state index is 9.28. The third kappa shape index (κ3) is 4.47. The van der Waals surface area contributed by atoms with E-state index in [0.717, 1.165) is 18.5 Å². The first kappa shape index (κ1) is 16.3. The molecule has 0 aliphatic heterocycles. The van der Waals surface area contributed by atoms with Crippen molar-refractivity contribution in [3.63, 3.8) is 0 Å². The van der Waals surface area contributed by atoms with Gasteiger partial charge in [-0.1, -0.05) is 35.5 Å². The second kappa shape index (κ2) is 8.33. The van der Waals surface area contributed by atoms with E-state index in [2.05, 4.69) is 32.2 Å². The van der Waals surface area contributed by atoms with Crippen LogP contribution in [0.4, 0.5) is 0 Å². The Balaban J connectivity index is 1.62. The Kier molecular flexibility index (Phi) is 5.65. The van der Waals surface area contributed by atoms with Crippen molar-refractivity contribution >= 4 is 0 Å². The molecule has 0 aliphatic carbocycles. The number of pyridine rings is 1. The van der Waals surface area contributed by atoms with Crippen LogP contribution < -0.4 is 0 Å². The largest absolute Gasteiger partial charge is 0.395 e. The highest BCUT2D eigenvalue weighted by molar-refractivity contribution is 5.51. The van der Waals surface area contributed by atoms with E-state index in [1.807, 2.05) is 30.3 Å². The fourth-order valence-corrected chi connectivity index (χ4v) is 2.47. The fourth-order valence-electron chi connectivity index (χ4n) is 2.47. The molecule has 1 aromatic carbocycles. The highest BCUT2D eigenvalue weighted by Gasteiger charge is 2.13. The van der Waals surface area contributed by atoms with Crippen LogP contribution >= 0.6 is 0 Å². The van der Waals surface area contributed by atoms with Gasteiger partial charge in [0.2, 0.25) is 11.7 Å². The van der Waals surface area contributed by atoms with Gasteiger partial charge in [-0.3, -0.25) is 9.88 Å². The van der Waals surface area contributed by atoms with Crippen molar-refractivity contribution in [3.8, 4) is 11.4 Å². The molecule has 0 saturated heterocycles. The summed E-state index contributed by atoms with van der Waals surface area (Å²) in [6.07, 6.45) is 4.32. The molecule has 0 aliphatic rings. The van der Waals surface area contributed by atoms with Gasteiger partial charge in [0.1, 0.15) is 0 Å². The predicted octanol–water partition coefficient (Wildman–Crippen LogP) is 2.17. The standard InChI is InChI=1S/C18H20N4O2/c23-12-11-22(10-8-15-5-2-1-3-6-15)14-17-20-18(21-24-17)16-7-4-9-19-13-16/h1-7,9,13,23H,8,10-12,14H2. The second-order valence-corrected chi connectivity index (χ2v) is 5.49. The molecule has 0 fully saturated rings. The van der Waals surface area contributed by atoms with E-state index in [1.165, 1.54) is 5.56 Å². The first-order valence-electron chi connectivity index (χ1n) is 7.95. The monoisotopic (exact) mass is 324 g/mol. The van der Waals surface area contributed by atoms with Gasteiger partial charge in [-0.05, 0) is 24.1 Å². The van der Waals surface area contributed by atoms with Crippen molar-refractivity contribution in [2.45, 2.75) is 13.0 Å². The molecule has 0 atom stereocenters. The Hall–Kier alpha value is -2.57. The zero-order valence-corrected chi connectivity index (χ0v) is 13.4. The van der Waals surface area contributed by atoms with Crippen molar-refractivity contribution in [2.24, 2.45) is 0 Å². The summed E-state index contributed by atoms with van der Waals surface area (Å²) in [5, 5.41) is 13.3. The van der Waals surface area contributed by atoms with Gasteiger partial charge in [0.15, 0.2) is 0 Å². The van der Waals surface area contributed by atoms with Gasteiger partial charge in [-0.25, -0.2) is 0 Å². The molecule has 0 amide bonds. The summed E-state index contributed by atoms with van der Waals surface area (Å²) in [4.78, 5) is 10.6. The van der Waals surface area contributed by atoms with Crippen molar-refractivity contribution in [1.82, 2.24) is 20.0 Å². The molecule has 6 nitrogen and oxygen atoms in total. The first-order chi connectivity index (χ1) is 11.8. The minimum Gasteiger partial charge on any atom is -0.395 e. The molecule has 0 spiro atoms. The summed E-state index contributed by atoms with van der Waals surface area (Å²) < 4.78 is 5.34. The number of aliphatic hydroxyl groups excluding tert-OH is 1. The number of hydrogen-bond acceptors (Lipinski definition) is 6. The molecule has 124 valence electrons. The lowest BCUT2D eigenvalue weighted by atomic mass is 10.1. The number of hydrogen-bond donors (Lipinski definition) is 1. The Morgan fingerprint density at radius 1 is 1.04 bits per heavy atom. The molecule has 1 N–H and O–H groups in total. The smallest absolute Gasteiger partial charge is 0.241 e. The van der Waals surface area contributed by atoms with Gasteiger partial charge >= 0.3 is 0 Å². The van der Waals surface area contributed by atoms with E-state index in [9.17, 15) is 5.11 Å². The highest BCUT2D eigenvalue weighted by Crippen LogP contribution is 2.14. The zero-order valence-electron chi connectivity index (χ0n) is 13.4. The predicted molar refractivity (Wildman–Crippen MR) is 90.0 cm³/mol. The molecule has 0 saturated carbocycles. The molecule has 3 aromatic rings. The van der Waals surface area contributed by atoms with E-state index < -0.39 is 0 Å². The summed E-state index contributed by atoms with van der Waals surface area (Å²) in [6.45, 7) is 1.99. The minimum atomic E-state index is 0.0956. The minimum absolute atomic E-state index is 0.0956. The van der Waals surface area contributed by atoms with E-state index in [-0.39, 0.29) is 6.61 Å². The van der Waals surface area contributed by atoms with Crippen LogP contribution in [-0.4, -0.2) is 44.8 Å². The summed E-state index contributed by atoms with van der Waals surface area (Å²) >= 11 is 0. The van der Waals surface area contributed by atoms with Crippen molar-refractivity contribution in [1.29, 1.82) is 0 Å². The van der Waals surface area contributed by atoms with Crippen LogP contribution in [0.15, 0.2) is 59.4 Å². The van der Waals surface area contributed by atoms with E-state index in [0.29, 0.717) is 24.8 Å². The van der Waals surface area contributed by atoms with Crippen LogP contribution in [0.25, 0.3) is 11.4 Å². The molecule has 3 rings (SSSR count). The Bertz CT molecular complexity index is 731. The van der Waals surface area contributed by atoms with Gasteiger partial charge in [0, 0.05) is 31.0 Å². The molecule has 6 heteroatoms. The van der Waals surface area contributed by atoms with Gasteiger partial charge in [0.05, 0.1) is 13.2 Å². The average Bonchev–Trinajstić information content (AvgIpc) is 3.10. The number of benzene rings is 1. The van der Waals surface area contributed by atoms with Crippen LogP contribution in [0.1, 0.15) is 11.5 Å². The van der Waals surface area contributed by atoms with Gasteiger partial charge < -0.3 is 9.63 Å². The van der Waals surface area contributed by atoms with Crippen molar-refractivity contribution < 1.29 is 9.63 Å². The van der Waals surface area contributed by atoms with Crippen LogP contribution in [0.5, 0.6) is 0 Å². The van der Waals surface area contributed by atoms with E-state index in [4.69, 9.17) is 4.52 Å². The van der Waals surface area contributed by atoms with Gasteiger partial charge in [-0.2, -0.15) is 4.98 Å². The van der Waals surface area contributed by atoms with Gasteiger partial charge in [-0.15, -0.1) is 0 Å². The summed E-state index contributed by atoms with van der Waals surface area (Å²) in [5.74, 6) is 1.07. The molecule has 0 unspecified atom stereocenters. The lowest BCUT2D eigenvalue weighted by Crippen LogP contribution is -2.28. The third-order valence-corrected chi connectivity index (χ3v) is 3.72. The number of rotatable bonds is 8. The first-order valence-corrected chi connectivity index (χ1v) is 7.95. The van der Waals surface area contributed by atoms with Crippen LogP contribution in [0, 0.1) is 0 Å². The van der Waals surface area contributed by atoms with Crippen molar-refractivity contribution in [2.75, 3.05) is 19.7 Å². The Labute approximate surface area is 140 Å². The summed E-state index contributed by atoms with van der Waals surface area (Å²) in [6, 6.07) is 14.0. The van der Waals surface area contributed by atoms with Gasteiger partial charge in [0.25, 0.3) is 0 Å². The average molecular weight is 324 g/mol. The number of aromatic nitrogens is 3. The molecular weight excluding hydrogens is 304 g/mol. The third-order valence-electron chi connectivity index (χ3n) is 3.72. The maximum Gasteiger partial charge on any atom is 0.241 e. The topological polar surface area (TPSA) is 75.3 Å². The SMILES string of the molecule is OCCN(CCc1ccccc1)Cc1nc(-c2cccnc2)no1. The highest BCUT2D eigenvalue weighted by atomic mass is 16.5. The van der Waals surface area contributed by atoms with Crippen molar-refractivity contribution in [3.05, 3.63) is 66.3 Å². The lowest BCUT2D eigenvalue weighted by molar-refractivity contribution is 0.175. The summed E-state index contributed by atoms with van der Waals surface area (Å²) in [5.41, 5.74) is 2.09. The van der Waals surface area contributed by atoms with Crippen LogP contribution in [-0.2, 0) is 13.0 Å². The van der Waals surface area contributed by atoms with Crippen LogP contribution in [0.3, 0.4) is 0 Å². The number of nitrogens with zero attached hydrogens (tertiary/aromatic N) is 4. The normalized spacial score (nSPS) is 11.1. The molecular formula is C18H20N4O2. The lowest BCUT2D eigenvalue weighted by Gasteiger charge is -2.19. The second-order valence-electron chi connectivity index (χ2n) is 5.49. The maximum absolute atomic E-state index is 9.28. The molecule has 2 heterocycles. The zero-order chi connectivity index (χ0) is 16.6. The Morgan fingerprint density at radius 2 is 1.92 bits per heavy atom. The van der Waals surface area contributed by atoms with Crippen LogP contribution in [0.2, 0.25) is 0 Å². The fraction of sp³-hybridized carbons (Fsp3) is 0.278. The summed E-state index contributed by atoms with van der Waals surface area (Å²) in [7, 11) is 0.